The van der Waals surface area contributed by atoms with Gasteiger partial charge in [0.25, 0.3) is 0 Å². The number of anilines is 1. The molecule has 0 saturated carbocycles. The van der Waals surface area contributed by atoms with Crippen molar-refractivity contribution in [3.8, 4) is 5.75 Å². The molecule has 0 amide bonds. The van der Waals surface area contributed by atoms with Gasteiger partial charge in [0, 0.05) is 0 Å². The van der Waals surface area contributed by atoms with E-state index in [-0.39, 0.29) is 0 Å². The first-order valence-corrected chi connectivity index (χ1v) is 3.40. The van der Waals surface area contributed by atoms with Crippen molar-refractivity contribution in [1.29, 1.82) is 0 Å². The summed E-state index contributed by atoms with van der Waals surface area (Å²) in [6.45, 7) is 0. The first-order valence-electron chi connectivity index (χ1n) is 3.40. The van der Waals surface area contributed by atoms with E-state index >= 15 is 0 Å². The van der Waals surface area contributed by atoms with Gasteiger partial charge in [0.1, 0.15) is 11.4 Å². The van der Waals surface area contributed by atoms with Crippen molar-refractivity contribution in [2.24, 2.45) is 0 Å². The Balaban J connectivity index is 3.30. The number of hydrogen-bond donors (Lipinski definition) is 3. The molecule has 0 bridgehead atoms. The van der Waals surface area contributed by atoms with Crippen LogP contribution in [0.25, 0.3) is 0 Å². The predicted molar refractivity (Wildman–Crippen MR) is 39.2 cm³/mol. The Labute approximate surface area is 76.3 Å². The maximum Gasteiger partial charge on any atom is 0.418 e. The first-order chi connectivity index (χ1) is 6.32. The summed E-state index contributed by atoms with van der Waals surface area (Å²) < 4.78 is 36.7. The molecule has 0 aliphatic rings. The number of nitrogens with zero attached hydrogens (tertiary/aromatic N) is 1. The topological polar surface area (TPSA) is 63.9 Å². The Morgan fingerprint density at radius 1 is 1.14 bits per heavy atom. The van der Waals surface area contributed by atoms with Gasteiger partial charge in [-0.25, -0.2) is 0 Å². The average Bonchev–Trinajstić information content (AvgIpc) is 2.01. The molecule has 1 rings (SSSR count). The molecule has 0 aromatic heterocycles. The molecule has 0 aliphatic heterocycles. The third-order valence-electron chi connectivity index (χ3n) is 1.50. The highest BCUT2D eigenvalue weighted by Gasteiger charge is 2.35. The zero-order chi connectivity index (χ0) is 10.9. The second-order valence-corrected chi connectivity index (χ2v) is 2.49. The van der Waals surface area contributed by atoms with Crippen LogP contribution in [0.4, 0.5) is 18.9 Å². The van der Waals surface area contributed by atoms with Gasteiger partial charge in [-0.1, -0.05) is 0 Å². The second-order valence-electron chi connectivity index (χ2n) is 2.49. The van der Waals surface area contributed by atoms with E-state index in [9.17, 15) is 13.2 Å². The second kappa shape index (κ2) is 3.35. The highest BCUT2D eigenvalue weighted by Crippen LogP contribution is 2.37. The summed E-state index contributed by atoms with van der Waals surface area (Å²) in [7, 11) is 0. The summed E-state index contributed by atoms with van der Waals surface area (Å²) in [4.78, 5) is 0. The molecule has 0 radical (unpaired) electrons. The van der Waals surface area contributed by atoms with Crippen LogP contribution in [0.15, 0.2) is 18.2 Å². The molecular formula is C7H6F3NO3. The lowest BCUT2D eigenvalue weighted by molar-refractivity contribution is -0.138. The Hall–Kier alpha value is -1.47. The maximum atomic E-state index is 12.2. The lowest BCUT2D eigenvalue weighted by Gasteiger charge is -2.15. The summed E-state index contributed by atoms with van der Waals surface area (Å²) in [5.41, 5.74) is -2.18. The van der Waals surface area contributed by atoms with Crippen LogP contribution < -0.4 is 5.23 Å². The van der Waals surface area contributed by atoms with Crippen LogP contribution >= 0.6 is 0 Å². The number of benzene rings is 1. The standard InChI is InChI=1S/C7H6F3NO3/c8-7(9,10)5-3-4(12)1-2-6(5)11(13)14/h1-3,12-14H. The van der Waals surface area contributed by atoms with Crippen LogP contribution in [0.5, 0.6) is 5.75 Å². The number of alkyl halides is 3. The largest absolute Gasteiger partial charge is 0.508 e. The molecule has 0 heterocycles. The number of phenolic OH excluding ortho intramolecular Hbond substituents is 1. The van der Waals surface area contributed by atoms with E-state index in [4.69, 9.17) is 15.5 Å². The van der Waals surface area contributed by atoms with E-state index in [1.54, 1.807) is 0 Å². The van der Waals surface area contributed by atoms with Gasteiger partial charge in [0.15, 0.2) is 0 Å². The fourth-order valence-corrected chi connectivity index (χ4v) is 0.925. The van der Waals surface area contributed by atoms with Crippen molar-refractivity contribution in [3.63, 3.8) is 0 Å². The van der Waals surface area contributed by atoms with Crippen molar-refractivity contribution in [2.45, 2.75) is 6.18 Å². The van der Waals surface area contributed by atoms with Crippen molar-refractivity contribution >= 4 is 5.69 Å². The van der Waals surface area contributed by atoms with Crippen molar-refractivity contribution in [2.75, 3.05) is 5.23 Å². The van der Waals surface area contributed by atoms with Gasteiger partial charge >= 0.3 is 6.18 Å². The van der Waals surface area contributed by atoms with Gasteiger partial charge in [0.2, 0.25) is 0 Å². The third kappa shape index (κ3) is 2.06. The zero-order valence-corrected chi connectivity index (χ0v) is 6.65. The molecule has 78 valence electrons. The lowest BCUT2D eigenvalue weighted by atomic mass is 10.1. The summed E-state index contributed by atoms with van der Waals surface area (Å²) in [6.07, 6.45) is -4.77. The molecule has 0 atom stereocenters. The fraction of sp³-hybridized carbons (Fsp3) is 0.143. The van der Waals surface area contributed by atoms with Crippen LogP contribution in [0.3, 0.4) is 0 Å². The molecule has 0 fully saturated rings. The minimum atomic E-state index is -4.77. The number of hydrogen-bond acceptors (Lipinski definition) is 4. The molecule has 0 aliphatic carbocycles. The number of aromatic hydroxyl groups is 1. The molecule has 0 saturated heterocycles. The quantitative estimate of drug-likeness (QED) is 0.619. The van der Waals surface area contributed by atoms with E-state index < -0.39 is 28.4 Å². The van der Waals surface area contributed by atoms with E-state index in [0.717, 1.165) is 12.1 Å². The molecular weight excluding hydrogens is 203 g/mol. The smallest absolute Gasteiger partial charge is 0.418 e. The Kier molecular flexibility index (Phi) is 2.54. The summed E-state index contributed by atoms with van der Waals surface area (Å²) >= 11 is 0. The average molecular weight is 209 g/mol. The molecule has 0 spiro atoms. The molecule has 14 heavy (non-hydrogen) atoms. The summed E-state index contributed by atoms with van der Waals surface area (Å²) in [5.74, 6) is -0.608. The first kappa shape index (κ1) is 10.6. The monoisotopic (exact) mass is 209 g/mol. The SMILES string of the molecule is Oc1ccc(N(O)O)c(C(F)(F)F)c1. The van der Waals surface area contributed by atoms with Crippen LogP contribution in [0.2, 0.25) is 0 Å². The highest BCUT2D eigenvalue weighted by atomic mass is 19.4. The zero-order valence-electron chi connectivity index (χ0n) is 6.65. The molecule has 7 heteroatoms. The fourth-order valence-electron chi connectivity index (χ4n) is 0.925. The van der Waals surface area contributed by atoms with E-state index in [1.165, 1.54) is 0 Å². The van der Waals surface area contributed by atoms with Gasteiger partial charge in [-0.2, -0.15) is 13.2 Å². The van der Waals surface area contributed by atoms with Crippen LogP contribution in [-0.2, 0) is 6.18 Å². The van der Waals surface area contributed by atoms with Gasteiger partial charge in [-0.05, 0) is 18.2 Å². The Morgan fingerprint density at radius 3 is 2.14 bits per heavy atom. The summed E-state index contributed by atoms with van der Waals surface area (Å²) in [5, 5.41) is 25.1. The predicted octanol–water partition coefficient (Wildman–Crippen LogP) is 2.00. The lowest BCUT2D eigenvalue weighted by Crippen LogP contribution is -2.17. The minimum absolute atomic E-state index is 0.398. The molecule has 1 aromatic rings. The van der Waals surface area contributed by atoms with E-state index in [2.05, 4.69) is 0 Å². The molecule has 0 unspecified atom stereocenters. The number of phenols is 1. The van der Waals surface area contributed by atoms with Crippen LogP contribution in [0.1, 0.15) is 5.56 Å². The maximum absolute atomic E-state index is 12.2. The number of halogens is 3. The van der Waals surface area contributed by atoms with E-state index in [0.29, 0.717) is 6.07 Å². The Bertz CT molecular complexity index is 337. The van der Waals surface area contributed by atoms with Gasteiger partial charge in [0.05, 0.1) is 5.56 Å². The van der Waals surface area contributed by atoms with E-state index in [1.807, 2.05) is 0 Å². The normalized spacial score (nSPS) is 11.5. The van der Waals surface area contributed by atoms with Crippen LogP contribution in [-0.4, -0.2) is 15.5 Å². The van der Waals surface area contributed by atoms with Gasteiger partial charge in [-0.15, -0.1) is 5.23 Å². The molecule has 3 N–H and O–H groups in total. The van der Waals surface area contributed by atoms with Crippen molar-refractivity contribution in [1.82, 2.24) is 0 Å². The Morgan fingerprint density at radius 2 is 1.71 bits per heavy atom. The third-order valence-corrected chi connectivity index (χ3v) is 1.50. The van der Waals surface area contributed by atoms with Crippen LogP contribution in [0, 0.1) is 0 Å². The summed E-state index contributed by atoms with van der Waals surface area (Å²) in [6, 6.07) is 2.04. The van der Waals surface area contributed by atoms with Crippen molar-refractivity contribution in [3.05, 3.63) is 23.8 Å². The van der Waals surface area contributed by atoms with Gasteiger partial charge < -0.3 is 5.11 Å². The molecule has 4 nitrogen and oxygen atoms in total. The number of rotatable bonds is 1. The van der Waals surface area contributed by atoms with Gasteiger partial charge in [-0.3, -0.25) is 10.4 Å². The highest BCUT2D eigenvalue weighted by molar-refractivity contribution is 5.54. The van der Waals surface area contributed by atoms with Crippen molar-refractivity contribution < 1.29 is 28.7 Å². The minimum Gasteiger partial charge on any atom is -0.508 e. The molecule has 1 aromatic carbocycles.